The molecular formula is C17H18Cl2LiNO3. The first-order valence-electron chi connectivity index (χ1n) is 7.10. The Labute approximate surface area is 165 Å². The number of rotatable bonds is 6. The van der Waals surface area contributed by atoms with Crippen LogP contribution in [0.2, 0.25) is 10.0 Å². The van der Waals surface area contributed by atoms with Gasteiger partial charge in [-0.05, 0) is 37.6 Å². The van der Waals surface area contributed by atoms with Crippen molar-refractivity contribution in [3.8, 4) is 0 Å². The van der Waals surface area contributed by atoms with Crippen LogP contribution in [0.4, 0.5) is 11.4 Å². The van der Waals surface area contributed by atoms with Crippen LogP contribution in [0.15, 0.2) is 36.4 Å². The van der Waals surface area contributed by atoms with Crippen molar-refractivity contribution >= 4 is 40.5 Å². The number of nitrogens with one attached hydrogen (secondary N) is 1. The second-order valence-corrected chi connectivity index (χ2v) is 5.55. The molecule has 2 aromatic carbocycles. The van der Waals surface area contributed by atoms with Crippen molar-refractivity contribution in [1.29, 1.82) is 0 Å². The molecule has 0 aliphatic heterocycles. The van der Waals surface area contributed by atoms with Gasteiger partial charge in [-0.2, -0.15) is 0 Å². The monoisotopic (exact) mass is 361 g/mol. The molecule has 0 aliphatic rings. The minimum atomic E-state index is -0.485. The molecule has 0 atom stereocenters. The summed E-state index contributed by atoms with van der Waals surface area (Å²) in [6.45, 7) is 4.09. The van der Waals surface area contributed by atoms with Gasteiger partial charge in [0.1, 0.15) is 0 Å². The Morgan fingerprint density at radius 2 is 1.92 bits per heavy atom. The number of ether oxygens (including phenoxy) is 2. The maximum absolute atomic E-state index is 12.2. The van der Waals surface area contributed by atoms with Crippen LogP contribution < -0.4 is 24.2 Å². The van der Waals surface area contributed by atoms with E-state index in [9.17, 15) is 4.79 Å². The van der Waals surface area contributed by atoms with E-state index in [1.165, 1.54) is 0 Å². The number of benzene rings is 2. The van der Waals surface area contributed by atoms with Gasteiger partial charge < -0.3 is 16.2 Å². The fourth-order valence-electron chi connectivity index (χ4n) is 1.93. The number of anilines is 2. The molecule has 1 N–H and O–H groups in total. The second-order valence-electron chi connectivity index (χ2n) is 4.77. The predicted octanol–water partition coefficient (Wildman–Crippen LogP) is 2.31. The van der Waals surface area contributed by atoms with E-state index in [-0.39, 0.29) is 27.1 Å². The minimum Gasteiger partial charge on any atom is -1.00 e. The van der Waals surface area contributed by atoms with E-state index < -0.39 is 5.97 Å². The largest absolute Gasteiger partial charge is 1.00 e. The summed E-state index contributed by atoms with van der Waals surface area (Å²) in [7, 11) is 0. The summed E-state index contributed by atoms with van der Waals surface area (Å²) in [6, 6.07) is 10.6. The first-order chi connectivity index (χ1) is 11.0. The molecule has 0 amide bonds. The number of aryl methyl sites for hydroxylation is 1. The van der Waals surface area contributed by atoms with Gasteiger partial charge in [-0.1, -0.05) is 41.4 Å². The fraction of sp³-hybridized carbons (Fsp3) is 0.235. The molecule has 0 heterocycles. The topological polar surface area (TPSA) is 47.6 Å². The zero-order chi connectivity index (χ0) is 16.8. The Morgan fingerprint density at radius 3 is 2.62 bits per heavy atom. The Bertz CT molecular complexity index is 716. The Balaban J connectivity index is 0.00000288. The molecule has 0 spiro atoms. The van der Waals surface area contributed by atoms with E-state index in [4.69, 9.17) is 32.7 Å². The maximum Gasteiger partial charge on any atom is 1.00 e. The summed E-state index contributed by atoms with van der Waals surface area (Å²) < 4.78 is 10.1. The van der Waals surface area contributed by atoms with Gasteiger partial charge in [0, 0.05) is 6.61 Å². The molecule has 7 heteroatoms. The normalized spacial score (nSPS) is 10.0. The van der Waals surface area contributed by atoms with Gasteiger partial charge in [0.05, 0.1) is 27.0 Å². The third-order valence-electron chi connectivity index (χ3n) is 3.17. The first-order valence-corrected chi connectivity index (χ1v) is 7.85. The molecular weight excluding hydrogens is 344 g/mol. The molecule has 4 nitrogen and oxygen atoms in total. The molecule has 0 unspecified atom stereocenters. The number of hydrogen-bond acceptors (Lipinski definition) is 4. The zero-order valence-electron chi connectivity index (χ0n) is 14.9. The molecule has 124 valence electrons. The Morgan fingerprint density at radius 1 is 1.21 bits per heavy atom. The van der Waals surface area contributed by atoms with Gasteiger partial charge in [0.25, 0.3) is 0 Å². The van der Waals surface area contributed by atoms with Gasteiger partial charge in [-0.25, -0.2) is 4.79 Å². The van der Waals surface area contributed by atoms with E-state index in [1.807, 2.05) is 19.9 Å². The molecule has 0 bridgehead atoms. The van der Waals surface area contributed by atoms with Crippen LogP contribution in [0.1, 0.15) is 24.3 Å². The van der Waals surface area contributed by atoms with Crippen molar-refractivity contribution in [3.63, 3.8) is 0 Å². The number of carbonyl (C=O) groups is 1. The standard InChI is InChI=1S/C17H17Cl2NO3.Li.H/c1-3-22-10-23-17(21)12-6-4-5-7-14(12)20-16-13(18)9-8-11(2)15(16)19;;/h4-9,20H,3,10H2,1-2H3;;/q;+1;-1. The van der Waals surface area contributed by atoms with E-state index in [0.29, 0.717) is 33.6 Å². The van der Waals surface area contributed by atoms with Gasteiger partial charge in [0.2, 0.25) is 0 Å². The van der Waals surface area contributed by atoms with Crippen LogP contribution in [0.25, 0.3) is 0 Å². The Kier molecular flexibility index (Phi) is 8.69. The van der Waals surface area contributed by atoms with E-state index in [1.54, 1.807) is 30.3 Å². The van der Waals surface area contributed by atoms with Crippen LogP contribution in [-0.2, 0) is 9.47 Å². The average Bonchev–Trinajstić information content (AvgIpc) is 2.55. The fourth-order valence-corrected chi connectivity index (χ4v) is 2.40. The third kappa shape index (κ3) is 5.17. The van der Waals surface area contributed by atoms with Crippen molar-refractivity contribution in [3.05, 3.63) is 57.6 Å². The van der Waals surface area contributed by atoms with E-state index in [2.05, 4.69) is 5.32 Å². The van der Waals surface area contributed by atoms with Crippen LogP contribution in [0.3, 0.4) is 0 Å². The number of hydrogen-bond donors (Lipinski definition) is 1. The molecule has 0 radical (unpaired) electrons. The summed E-state index contributed by atoms with van der Waals surface area (Å²) in [5.74, 6) is -0.485. The molecule has 0 aliphatic carbocycles. The number of para-hydroxylation sites is 1. The molecule has 0 aromatic heterocycles. The molecule has 2 rings (SSSR count). The number of esters is 1. The predicted molar refractivity (Wildman–Crippen MR) is 93.9 cm³/mol. The van der Waals surface area contributed by atoms with Crippen molar-refractivity contribution in [1.82, 2.24) is 0 Å². The smallest absolute Gasteiger partial charge is 1.00 e. The van der Waals surface area contributed by atoms with Crippen molar-refractivity contribution in [2.75, 3.05) is 18.7 Å². The SMILES string of the molecule is CCOCOC(=O)c1ccccc1Nc1c(Cl)ccc(C)c1Cl.[H-].[Li+]. The molecule has 2 aromatic rings. The van der Waals surface area contributed by atoms with E-state index in [0.717, 1.165) is 5.56 Å². The van der Waals surface area contributed by atoms with Crippen LogP contribution in [-0.4, -0.2) is 19.4 Å². The van der Waals surface area contributed by atoms with Crippen molar-refractivity contribution < 1.29 is 34.6 Å². The van der Waals surface area contributed by atoms with Crippen LogP contribution >= 0.6 is 23.2 Å². The summed E-state index contributed by atoms with van der Waals surface area (Å²) in [5.41, 5.74) is 2.37. The summed E-state index contributed by atoms with van der Waals surface area (Å²) >= 11 is 12.5. The minimum absolute atomic E-state index is 0. The summed E-state index contributed by atoms with van der Waals surface area (Å²) in [5, 5.41) is 4.10. The molecule has 0 fully saturated rings. The number of carbonyl (C=O) groups excluding carboxylic acids is 1. The maximum atomic E-state index is 12.2. The molecule has 0 saturated heterocycles. The Hall–Kier alpha value is -1.15. The van der Waals surface area contributed by atoms with Gasteiger partial charge >= 0.3 is 24.8 Å². The number of halogens is 2. The molecule has 24 heavy (non-hydrogen) atoms. The average molecular weight is 362 g/mol. The van der Waals surface area contributed by atoms with Crippen LogP contribution in [0, 0.1) is 6.92 Å². The van der Waals surface area contributed by atoms with Crippen molar-refractivity contribution in [2.24, 2.45) is 0 Å². The summed E-state index contributed by atoms with van der Waals surface area (Å²) in [6.07, 6.45) is 0. The van der Waals surface area contributed by atoms with Crippen molar-refractivity contribution in [2.45, 2.75) is 13.8 Å². The third-order valence-corrected chi connectivity index (χ3v) is 3.97. The van der Waals surface area contributed by atoms with Gasteiger partial charge in [0.15, 0.2) is 6.79 Å². The second kappa shape index (κ2) is 9.98. The van der Waals surface area contributed by atoms with Crippen LogP contribution in [0.5, 0.6) is 0 Å². The van der Waals surface area contributed by atoms with Gasteiger partial charge in [-0.15, -0.1) is 0 Å². The first kappa shape index (κ1) is 20.9. The molecule has 0 saturated carbocycles. The van der Waals surface area contributed by atoms with E-state index >= 15 is 0 Å². The van der Waals surface area contributed by atoms with Gasteiger partial charge in [-0.3, -0.25) is 0 Å². The summed E-state index contributed by atoms with van der Waals surface area (Å²) in [4.78, 5) is 12.2. The quantitative estimate of drug-likeness (QED) is 0.371. The zero-order valence-corrected chi connectivity index (χ0v) is 15.4.